The number of halogens is 2. The number of aryl methyl sites for hydroxylation is 1. The van der Waals surface area contributed by atoms with E-state index in [1.807, 2.05) is 49.4 Å². The van der Waals surface area contributed by atoms with Gasteiger partial charge < -0.3 is 16.6 Å². The summed E-state index contributed by atoms with van der Waals surface area (Å²) in [5, 5.41) is 1.28. The second-order valence-corrected chi connectivity index (χ2v) is 6.76. The van der Waals surface area contributed by atoms with Gasteiger partial charge in [0.05, 0.1) is 5.02 Å². The molecule has 4 nitrogen and oxygen atoms in total. The molecule has 2 aromatic carbocycles. The van der Waals surface area contributed by atoms with Gasteiger partial charge in [-0.15, -0.1) is 19.2 Å². The first kappa shape index (κ1) is 24.8. The molecule has 0 fully saturated rings. The number of nitrogen functional groups attached to an aromatic ring is 1. The van der Waals surface area contributed by atoms with Crippen LogP contribution < -0.4 is 62.5 Å². The summed E-state index contributed by atoms with van der Waals surface area (Å²) in [5.41, 5.74) is 16.5. The van der Waals surface area contributed by atoms with Gasteiger partial charge in [-0.2, -0.15) is 0 Å². The van der Waals surface area contributed by atoms with Crippen LogP contribution in [0.2, 0.25) is 10.0 Å². The molecule has 1 aromatic heterocycles. The Morgan fingerprint density at radius 2 is 1.81 bits per heavy atom. The molecule has 0 saturated heterocycles. The van der Waals surface area contributed by atoms with Crippen LogP contribution in [0.3, 0.4) is 0 Å². The fourth-order valence-corrected chi connectivity index (χ4v) is 2.55. The van der Waals surface area contributed by atoms with Crippen LogP contribution in [0.25, 0.3) is 5.43 Å². The van der Waals surface area contributed by atoms with E-state index in [4.69, 9.17) is 28.9 Å². The van der Waals surface area contributed by atoms with E-state index in [1.54, 1.807) is 18.5 Å². The van der Waals surface area contributed by atoms with Gasteiger partial charge in [0.2, 0.25) is 0 Å². The quantitative estimate of drug-likeness (QED) is 0.250. The third-order valence-electron chi connectivity index (χ3n) is 3.33. The van der Waals surface area contributed by atoms with Crippen LogP contribution >= 0.6 is 35.8 Å². The minimum atomic E-state index is 0. The minimum Gasteiger partial charge on any atom is -0.567 e. The van der Waals surface area contributed by atoms with Gasteiger partial charge in [0.1, 0.15) is 0 Å². The number of nitrogens with zero attached hydrogens (tertiary/aromatic N) is 2. The SMILES string of the molecule is Cc1cc(S)c(Cl)cc1Cl.Nc1ccc(N[N-]Cc2cccnc2)cc1.[K+]. The van der Waals surface area contributed by atoms with Crippen molar-refractivity contribution in [1.29, 1.82) is 0 Å². The molecule has 0 radical (unpaired) electrons. The second-order valence-electron chi connectivity index (χ2n) is 5.46. The number of benzene rings is 2. The number of anilines is 2. The average Bonchev–Trinajstić information content (AvgIpc) is 2.63. The molecule has 3 aromatic rings. The first-order valence-electron chi connectivity index (χ1n) is 7.77. The van der Waals surface area contributed by atoms with Gasteiger partial charge in [0.15, 0.2) is 0 Å². The fraction of sp³-hybridized carbons (Fsp3) is 0.105. The topological polar surface area (TPSA) is 65.0 Å². The number of hydrogen-bond donors (Lipinski definition) is 3. The number of aromatic nitrogens is 1. The standard InChI is InChI=1S/C12H13N4.C7H6Cl2S.K/c13-11-3-5-12(6-4-11)16-15-9-10-2-1-7-14-8-10;1-4-2-7(10)6(9)3-5(4)8;/h1-8,16H,9,13H2;2-3,10H,1H3;/q-1;;+1. The molecule has 0 aliphatic carbocycles. The number of pyridine rings is 1. The van der Waals surface area contributed by atoms with Gasteiger partial charge >= 0.3 is 51.4 Å². The predicted molar refractivity (Wildman–Crippen MR) is 114 cm³/mol. The van der Waals surface area contributed by atoms with Crippen molar-refractivity contribution in [1.82, 2.24) is 4.98 Å². The number of rotatable bonds is 4. The Hall–Kier alpha value is -0.284. The molecule has 0 aliphatic heterocycles. The van der Waals surface area contributed by atoms with E-state index in [0.717, 1.165) is 27.4 Å². The van der Waals surface area contributed by atoms with Crippen molar-refractivity contribution in [2.45, 2.75) is 18.4 Å². The third-order valence-corrected chi connectivity index (χ3v) is 4.55. The number of hydrogen-bond acceptors (Lipinski definition) is 4. The average molecular weight is 445 g/mol. The van der Waals surface area contributed by atoms with Crippen LogP contribution in [-0.2, 0) is 6.54 Å². The molecule has 0 atom stereocenters. The van der Waals surface area contributed by atoms with E-state index in [1.165, 1.54) is 0 Å². The molecule has 0 bridgehead atoms. The maximum Gasteiger partial charge on any atom is 1.00 e. The molecule has 0 saturated carbocycles. The molecular formula is C19H19Cl2KN4S. The fourth-order valence-electron chi connectivity index (χ4n) is 1.91. The van der Waals surface area contributed by atoms with Gasteiger partial charge in [-0.05, 0) is 60.5 Å². The zero-order valence-electron chi connectivity index (χ0n) is 15.2. The first-order valence-corrected chi connectivity index (χ1v) is 8.97. The monoisotopic (exact) mass is 444 g/mol. The molecule has 0 spiro atoms. The van der Waals surface area contributed by atoms with Crippen LogP contribution in [0.1, 0.15) is 11.1 Å². The van der Waals surface area contributed by atoms with Crippen molar-refractivity contribution in [3.63, 3.8) is 0 Å². The normalized spacial score (nSPS) is 9.63. The number of thiol groups is 1. The van der Waals surface area contributed by atoms with Crippen LogP contribution in [0.5, 0.6) is 0 Å². The van der Waals surface area contributed by atoms with Gasteiger partial charge in [0, 0.05) is 33.7 Å². The van der Waals surface area contributed by atoms with Crippen LogP contribution in [0.4, 0.5) is 11.4 Å². The number of nitrogens with two attached hydrogens (primary N) is 1. The summed E-state index contributed by atoms with van der Waals surface area (Å²) in [6.45, 7) is 2.51. The van der Waals surface area contributed by atoms with Crippen LogP contribution in [-0.4, -0.2) is 4.98 Å². The molecule has 3 N–H and O–H groups in total. The van der Waals surface area contributed by atoms with Gasteiger partial charge in [0.25, 0.3) is 0 Å². The Balaban J connectivity index is 0.000000288. The second kappa shape index (κ2) is 13.0. The Kier molecular flexibility index (Phi) is 12.0. The molecule has 27 heavy (non-hydrogen) atoms. The minimum absolute atomic E-state index is 0. The first-order chi connectivity index (χ1) is 12.5. The molecule has 1 heterocycles. The van der Waals surface area contributed by atoms with E-state index in [-0.39, 0.29) is 51.4 Å². The summed E-state index contributed by atoms with van der Waals surface area (Å²) in [6, 6.07) is 14.9. The smallest absolute Gasteiger partial charge is 0.567 e. The summed E-state index contributed by atoms with van der Waals surface area (Å²) in [7, 11) is 0. The Morgan fingerprint density at radius 3 is 2.41 bits per heavy atom. The zero-order chi connectivity index (χ0) is 18.9. The van der Waals surface area contributed by atoms with E-state index >= 15 is 0 Å². The molecule has 0 aliphatic rings. The molecule has 8 heteroatoms. The molecule has 0 unspecified atom stereocenters. The summed E-state index contributed by atoms with van der Waals surface area (Å²) in [6.07, 6.45) is 3.55. The van der Waals surface area contributed by atoms with E-state index in [9.17, 15) is 0 Å². The van der Waals surface area contributed by atoms with Crippen molar-refractivity contribution in [2.75, 3.05) is 11.2 Å². The molecule has 0 amide bonds. The van der Waals surface area contributed by atoms with Crippen LogP contribution in [0, 0.1) is 6.92 Å². The molecule has 136 valence electrons. The van der Waals surface area contributed by atoms with Crippen molar-refractivity contribution < 1.29 is 51.4 Å². The van der Waals surface area contributed by atoms with Crippen molar-refractivity contribution in [3.05, 3.63) is 87.5 Å². The van der Waals surface area contributed by atoms with Crippen molar-refractivity contribution >= 4 is 47.2 Å². The summed E-state index contributed by atoms with van der Waals surface area (Å²) in [5.74, 6) is 0. The van der Waals surface area contributed by atoms with E-state index in [2.05, 4.69) is 28.5 Å². The summed E-state index contributed by atoms with van der Waals surface area (Å²) in [4.78, 5) is 4.78. The third kappa shape index (κ3) is 9.17. The van der Waals surface area contributed by atoms with Crippen LogP contribution in [0.15, 0.2) is 65.8 Å². The zero-order valence-corrected chi connectivity index (χ0v) is 20.7. The summed E-state index contributed by atoms with van der Waals surface area (Å²) < 4.78 is 0. The summed E-state index contributed by atoms with van der Waals surface area (Å²) >= 11 is 15.6. The van der Waals surface area contributed by atoms with E-state index in [0.29, 0.717) is 16.6 Å². The maximum absolute atomic E-state index is 5.77. The Morgan fingerprint density at radius 1 is 1.11 bits per heavy atom. The van der Waals surface area contributed by atoms with Gasteiger partial charge in [-0.3, -0.25) is 4.98 Å². The Bertz CT molecular complexity index is 783. The van der Waals surface area contributed by atoms with E-state index < -0.39 is 0 Å². The maximum atomic E-state index is 5.77. The van der Waals surface area contributed by atoms with Crippen molar-refractivity contribution in [2.24, 2.45) is 0 Å². The molecule has 3 rings (SSSR count). The van der Waals surface area contributed by atoms with Crippen molar-refractivity contribution in [3.8, 4) is 0 Å². The Labute approximate surface area is 218 Å². The predicted octanol–water partition coefficient (Wildman–Crippen LogP) is 3.16. The number of nitrogens with one attached hydrogen (secondary N) is 1. The molecular weight excluding hydrogens is 426 g/mol. The largest absolute Gasteiger partial charge is 1.00 e. The van der Waals surface area contributed by atoms with Gasteiger partial charge in [-0.25, -0.2) is 0 Å². The van der Waals surface area contributed by atoms with Gasteiger partial charge in [-0.1, -0.05) is 29.3 Å².